The van der Waals surface area contributed by atoms with Gasteiger partial charge in [0.25, 0.3) is 0 Å². The lowest BCUT2D eigenvalue weighted by atomic mass is 10.1. The number of quaternary nitrogens is 1. The molecule has 0 rings (SSSR count). The Labute approximate surface area is 163 Å². The minimum Gasteiger partial charge on any atom is -1.00 e. The fourth-order valence-electron chi connectivity index (χ4n) is 3.31. The molecule has 0 aliphatic carbocycles. The Morgan fingerprint density at radius 3 is 1.36 bits per heavy atom. The molecule has 3 heteroatoms. The van der Waals surface area contributed by atoms with Crippen LogP contribution in [0.5, 0.6) is 0 Å². The van der Waals surface area contributed by atoms with Crippen LogP contribution in [-0.4, -0.2) is 36.5 Å². The molecule has 22 heavy (non-hydrogen) atoms. The fourth-order valence-corrected chi connectivity index (χ4v) is 3.43. The first-order chi connectivity index (χ1) is 10.2. The van der Waals surface area contributed by atoms with Crippen LogP contribution >= 0.6 is 11.6 Å². The summed E-state index contributed by atoms with van der Waals surface area (Å²) in [6.07, 6.45) is 15.0. The zero-order valence-electron chi connectivity index (χ0n) is 15.5. The summed E-state index contributed by atoms with van der Waals surface area (Å²) in [5.74, 6) is 0.829. The molecule has 136 valence electrons. The molecule has 0 fully saturated rings. The lowest BCUT2D eigenvalue weighted by molar-refractivity contribution is -0.928. The van der Waals surface area contributed by atoms with Crippen LogP contribution in [0.15, 0.2) is 0 Å². The van der Waals surface area contributed by atoms with Crippen LogP contribution in [0.3, 0.4) is 0 Å². The first-order valence-corrected chi connectivity index (χ1v) is 10.2. The highest BCUT2D eigenvalue weighted by Crippen LogP contribution is 2.17. The van der Waals surface area contributed by atoms with E-state index in [1.165, 1.54) is 101 Å². The second-order valence-electron chi connectivity index (χ2n) is 6.75. The van der Waals surface area contributed by atoms with E-state index in [1.54, 1.807) is 0 Å². The van der Waals surface area contributed by atoms with Gasteiger partial charge >= 0.3 is 0 Å². The topological polar surface area (TPSA) is 0 Å². The zero-order valence-corrected chi connectivity index (χ0v) is 18.4. The first-order valence-electron chi connectivity index (χ1n) is 9.65. The normalized spacial score (nSPS) is 11.5. The Morgan fingerprint density at radius 1 is 0.545 bits per heavy atom. The number of alkyl halides is 1. The van der Waals surface area contributed by atoms with Crippen molar-refractivity contribution in [3.8, 4) is 0 Å². The minimum absolute atomic E-state index is 0. The highest BCUT2D eigenvalue weighted by atomic mass is 127. The van der Waals surface area contributed by atoms with E-state index in [1.807, 2.05) is 0 Å². The highest BCUT2D eigenvalue weighted by molar-refractivity contribution is 6.17. The van der Waals surface area contributed by atoms with Crippen molar-refractivity contribution in [1.82, 2.24) is 0 Å². The summed E-state index contributed by atoms with van der Waals surface area (Å²) in [6, 6.07) is 0. The van der Waals surface area contributed by atoms with E-state index in [4.69, 9.17) is 11.6 Å². The standard InChI is InChI=1S/C19H41ClN.HI/c1-4-7-10-12-17-21(16-9-6-3,19-14-15-20)18-13-11-8-5-2;/h4-19H2,1-3H3;1H/q+1;/p-1. The van der Waals surface area contributed by atoms with Gasteiger partial charge < -0.3 is 28.5 Å². The second-order valence-corrected chi connectivity index (χ2v) is 7.13. The molecule has 0 unspecified atom stereocenters. The average molecular weight is 446 g/mol. The van der Waals surface area contributed by atoms with Crippen molar-refractivity contribution in [3.63, 3.8) is 0 Å². The van der Waals surface area contributed by atoms with E-state index in [0.717, 1.165) is 5.88 Å². The number of nitrogens with zero attached hydrogens (tertiary/aromatic N) is 1. The SMILES string of the molecule is CCCCCC[N+](CCCC)(CCCCl)CCCCCC.[I-]. The molecule has 0 aliphatic heterocycles. The lowest BCUT2D eigenvalue weighted by Crippen LogP contribution is -3.00. The van der Waals surface area contributed by atoms with Gasteiger partial charge in [0.1, 0.15) is 0 Å². The molecule has 0 heterocycles. The van der Waals surface area contributed by atoms with E-state index < -0.39 is 0 Å². The molecule has 0 saturated heterocycles. The van der Waals surface area contributed by atoms with Crippen LogP contribution in [0.2, 0.25) is 0 Å². The molecule has 0 aromatic heterocycles. The maximum atomic E-state index is 6.00. The molecular weight excluding hydrogens is 405 g/mol. The van der Waals surface area contributed by atoms with E-state index in [9.17, 15) is 0 Å². The minimum atomic E-state index is 0. The Bertz CT molecular complexity index is 190. The Hall–Kier alpha value is 0.980. The third-order valence-electron chi connectivity index (χ3n) is 4.72. The Morgan fingerprint density at radius 2 is 0.955 bits per heavy atom. The summed E-state index contributed by atoms with van der Waals surface area (Å²) >= 11 is 6.00. The van der Waals surface area contributed by atoms with Crippen molar-refractivity contribution in [1.29, 1.82) is 0 Å². The quantitative estimate of drug-likeness (QED) is 0.148. The largest absolute Gasteiger partial charge is 1.00 e. The summed E-state index contributed by atoms with van der Waals surface area (Å²) < 4.78 is 1.36. The van der Waals surface area contributed by atoms with Gasteiger partial charge in [0.15, 0.2) is 0 Å². The van der Waals surface area contributed by atoms with Gasteiger partial charge in [-0.1, -0.05) is 52.9 Å². The summed E-state index contributed by atoms with van der Waals surface area (Å²) in [6.45, 7) is 12.4. The molecule has 0 amide bonds. The molecule has 0 atom stereocenters. The molecule has 0 spiro atoms. The van der Waals surface area contributed by atoms with Gasteiger partial charge in [0.05, 0.1) is 26.2 Å². The maximum Gasteiger partial charge on any atom is 0.0798 e. The molecule has 0 radical (unpaired) electrons. The smallest absolute Gasteiger partial charge is 0.0798 e. The molecule has 1 nitrogen and oxygen atoms in total. The molecular formula is C19H41ClIN. The Balaban J connectivity index is 0. The van der Waals surface area contributed by atoms with E-state index >= 15 is 0 Å². The molecule has 0 aromatic rings. The van der Waals surface area contributed by atoms with Gasteiger partial charge in [-0.25, -0.2) is 0 Å². The van der Waals surface area contributed by atoms with Crippen molar-refractivity contribution in [2.45, 2.75) is 91.4 Å². The summed E-state index contributed by atoms with van der Waals surface area (Å²) in [4.78, 5) is 0. The van der Waals surface area contributed by atoms with Crippen LogP contribution in [0, 0.1) is 0 Å². The fraction of sp³-hybridized carbons (Fsp3) is 1.00. The summed E-state index contributed by atoms with van der Waals surface area (Å²) in [7, 11) is 0. The molecule has 0 aromatic carbocycles. The molecule has 0 bridgehead atoms. The monoisotopic (exact) mass is 445 g/mol. The average Bonchev–Trinajstić information content (AvgIpc) is 2.51. The van der Waals surface area contributed by atoms with E-state index in [-0.39, 0.29) is 24.0 Å². The second kappa shape index (κ2) is 18.3. The van der Waals surface area contributed by atoms with Crippen molar-refractivity contribution >= 4 is 11.6 Å². The number of unbranched alkanes of at least 4 members (excludes halogenated alkanes) is 7. The Kier molecular flexibility index (Phi) is 21.0. The van der Waals surface area contributed by atoms with Crippen molar-refractivity contribution in [2.75, 3.05) is 32.1 Å². The highest BCUT2D eigenvalue weighted by Gasteiger charge is 2.25. The van der Waals surface area contributed by atoms with Gasteiger partial charge in [0, 0.05) is 12.3 Å². The van der Waals surface area contributed by atoms with E-state index in [2.05, 4.69) is 20.8 Å². The number of hydrogen-bond acceptors (Lipinski definition) is 0. The lowest BCUT2D eigenvalue weighted by Gasteiger charge is -2.39. The van der Waals surface area contributed by atoms with Gasteiger partial charge in [-0.2, -0.15) is 0 Å². The number of rotatable bonds is 16. The van der Waals surface area contributed by atoms with Gasteiger partial charge in [-0.05, 0) is 32.1 Å². The van der Waals surface area contributed by atoms with E-state index in [0.29, 0.717) is 0 Å². The molecule has 0 N–H and O–H groups in total. The van der Waals surface area contributed by atoms with Crippen LogP contribution in [0.4, 0.5) is 0 Å². The summed E-state index contributed by atoms with van der Waals surface area (Å²) in [5.41, 5.74) is 0. The number of hydrogen-bond donors (Lipinski definition) is 0. The van der Waals surface area contributed by atoms with Gasteiger partial charge in [-0.15, -0.1) is 11.6 Å². The van der Waals surface area contributed by atoms with Crippen molar-refractivity contribution < 1.29 is 28.5 Å². The van der Waals surface area contributed by atoms with Crippen LogP contribution in [0.1, 0.15) is 91.4 Å². The van der Waals surface area contributed by atoms with Gasteiger partial charge in [-0.3, -0.25) is 0 Å². The third-order valence-corrected chi connectivity index (χ3v) is 4.99. The van der Waals surface area contributed by atoms with Crippen LogP contribution < -0.4 is 24.0 Å². The van der Waals surface area contributed by atoms with Gasteiger partial charge in [0.2, 0.25) is 0 Å². The van der Waals surface area contributed by atoms with Crippen molar-refractivity contribution in [3.05, 3.63) is 0 Å². The zero-order chi connectivity index (χ0) is 15.8. The van der Waals surface area contributed by atoms with Crippen LogP contribution in [-0.2, 0) is 0 Å². The molecule has 0 aliphatic rings. The predicted octanol–water partition coefficient (Wildman–Crippen LogP) is 3.40. The third kappa shape index (κ3) is 13.4. The summed E-state index contributed by atoms with van der Waals surface area (Å²) in [5, 5.41) is 0. The molecule has 0 saturated carbocycles. The predicted molar refractivity (Wildman–Crippen MR) is 98.3 cm³/mol. The van der Waals surface area contributed by atoms with Crippen LogP contribution in [0.25, 0.3) is 0 Å². The first kappa shape index (κ1) is 25.2. The maximum absolute atomic E-state index is 6.00. The van der Waals surface area contributed by atoms with Crippen molar-refractivity contribution in [2.24, 2.45) is 0 Å². The number of halogens is 2.